The standard InChI is InChI=1S/C18H28N2O/c1-18(2,3)13-17(21)19-14-16(20-11-7-8-12-20)15-9-5-4-6-10-15/h4-6,9-10,16H,7-8,11-14H2,1-3H3,(H,19,21). The van der Waals surface area contributed by atoms with Crippen LogP contribution >= 0.6 is 0 Å². The molecule has 21 heavy (non-hydrogen) atoms. The molecule has 0 bridgehead atoms. The second-order valence-corrected chi connectivity index (χ2v) is 7.21. The fourth-order valence-electron chi connectivity index (χ4n) is 2.94. The first-order valence-corrected chi connectivity index (χ1v) is 8.01. The van der Waals surface area contributed by atoms with Crippen LogP contribution in [0.15, 0.2) is 30.3 Å². The topological polar surface area (TPSA) is 32.3 Å². The van der Waals surface area contributed by atoms with Gasteiger partial charge in [0.1, 0.15) is 0 Å². The lowest BCUT2D eigenvalue weighted by Crippen LogP contribution is -2.37. The lowest BCUT2D eigenvalue weighted by atomic mass is 9.92. The molecular weight excluding hydrogens is 260 g/mol. The van der Waals surface area contributed by atoms with Crippen molar-refractivity contribution in [2.24, 2.45) is 5.41 Å². The van der Waals surface area contributed by atoms with Gasteiger partial charge in [0.2, 0.25) is 5.91 Å². The highest BCUT2D eigenvalue weighted by molar-refractivity contribution is 5.76. The average molecular weight is 288 g/mol. The van der Waals surface area contributed by atoms with Gasteiger partial charge < -0.3 is 5.32 Å². The number of benzene rings is 1. The van der Waals surface area contributed by atoms with Gasteiger partial charge in [-0.2, -0.15) is 0 Å². The van der Waals surface area contributed by atoms with E-state index in [4.69, 9.17) is 0 Å². The summed E-state index contributed by atoms with van der Waals surface area (Å²) >= 11 is 0. The van der Waals surface area contributed by atoms with E-state index in [1.807, 2.05) is 6.07 Å². The summed E-state index contributed by atoms with van der Waals surface area (Å²) in [4.78, 5) is 14.6. The quantitative estimate of drug-likeness (QED) is 0.901. The van der Waals surface area contributed by atoms with E-state index in [0.717, 1.165) is 13.1 Å². The number of rotatable bonds is 5. The van der Waals surface area contributed by atoms with E-state index in [9.17, 15) is 4.79 Å². The molecule has 1 aromatic carbocycles. The molecule has 0 saturated carbocycles. The molecule has 116 valence electrons. The Morgan fingerprint density at radius 2 is 1.81 bits per heavy atom. The zero-order chi connectivity index (χ0) is 15.3. The maximum Gasteiger partial charge on any atom is 0.220 e. The Balaban J connectivity index is 1.98. The van der Waals surface area contributed by atoms with Crippen LogP contribution in [0.2, 0.25) is 0 Å². The predicted octanol–water partition coefficient (Wildman–Crippen LogP) is 3.38. The summed E-state index contributed by atoms with van der Waals surface area (Å²) in [7, 11) is 0. The van der Waals surface area contributed by atoms with Crippen LogP contribution in [-0.4, -0.2) is 30.4 Å². The van der Waals surface area contributed by atoms with Crippen molar-refractivity contribution in [2.75, 3.05) is 19.6 Å². The van der Waals surface area contributed by atoms with Crippen LogP contribution in [0.25, 0.3) is 0 Å². The van der Waals surface area contributed by atoms with Gasteiger partial charge in [-0.3, -0.25) is 9.69 Å². The van der Waals surface area contributed by atoms with E-state index in [1.165, 1.54) is 18.4 Å². The summed E-state index contributed by atoms with van der Waals surface area (Å²) in [6.45, 7) is 9.27. The largest absolute Gasteiger partial charge is 0.354 e. The minimum absolute atomic E-state index is 0.0416. The Labute approximate surface area is 128 Å². The highest BCUT2D eigenvalue weighted by Gasteiger charge is 2.24. The van der Waals surface area contributed by atoms with Gasteiger partial charge in [0.05, 0.1) is 6.04 Å². The smallest absolute Gasteiger partial charge is 0.220 e. The maximum absolute atomic E-state index is 12.1. The van der Waals surface area contributed by atoms with Gasteiger partial charge in [0.25, 0.3) is 0 Å². The van der Waals surface area contributed by atoms with Gasteiger partial charge in [-0.05, 0) is 36.9 Å². The highest BCUT2D eigenvalue weighted by Crippen LogP contribution is 2.25. The van der Waals surface area contributed by atoms with Crippen molar-refractivity contribution in [3.05, 3.63) is 35.9 Å². The number of nitrogens with one attached hydrogen (secondary N) is 1. The molecule has 1 unspecified atom stereocenters. The summed E-state index contributed by atoms with van der Waals surface area (Å²) < 4.78 is 0. The number of nitrogens with zero attached hydrogens (tertiary/aromatic N) is 1. The lowest BCUT2D eigenvalue weighted by Gasteiger charge is -2.28. The van der Waals surface area contributed by atoms with Crippen LogP contribution in [0.4, 0.5) is 0 Å². The molecular formula is C18H28N2O. The summed E-state index contributed by atoms with van der Waals surface area (Å²) in [5.41, 5.74) is 1.34. The number of likely N-dealkylation sites (tertiary alicyclic amines) is 1. The molecule has 0 radical (unpaired) electrons. The third-order valence-corrected chi connectivity index (χ3v) is 3.95. The van der Waals surface area contributed by atoms with E-state index in [-0.39, 0.29) is 11.3 Å². The number of amides is 1. The lowest BCUT2D eigenvalue weighted by molar-refractivity contribution is -0.123. The third kappa shape index (κ3) is 5.16. The first kappa shape index (κ1) is 16.0. The summed E-state index contributed by atoms with van der Waals surface area (Å²) in [6.07, 6.45) is 3.10. The molecule has 1 aliphatic heterocycles. The molecule has 0 aliphatic carbocycles. The molecule has 1 heterocycles. The van der Waals surface area contributed by atoms with E-state index in [1.54, 1.807) is 0 Å². The van der Waals surface area contributed by atoms with Crippen molar-refractivity contribution in [3.8, 4) is 0 Å². The number of carbonyl (C=O) groups excluding carboxylic acids is 1. The minimum atomic E-state index is 0.0416. The molecule has 2 rings (SSSR count). The molecule has 1 amide bonds. The Hall–Kier alpha value is -1.35. The highest BCUT2D eigenvalue weighted by atomic mass is 16.1. The van der Waals surface area contributed by atoms with Crippen LogP contribution in [0.3, 0.4) is 0 Å². The molecule has 0 aromatic heterocycles. The van der Waals surface area contributed by atoms with Crippen LogP contribution in [0, 0.1) is 5.41 Å². The molecule has 3 nitrogen and oxygen atoms in total. The van der Waals surface area contributed by atoms with Crippen molar-refractivity contribution in [1.82, 2.24) is 10.2 Å². The molecule has 1 aliphatic rings. The molecule has 3 heteroatoms. The van der Waals surface area contributed by atoms with Gasteiger partial charge in [0.15, 0.2) is 0 Å². The maximum atomic E-state index is 12.1. The number of carbonyl (C=O) groups is 1. The SMILES string of the molecule is CC(C)(C)CC(=O)NCC(c1ccccc1)N1CCCC1. The van der Waals surface area contributed by atoms with Crippen LogP contribution in [0.1, 0.15) is 51.6 Å². The molecule has 1 saturated heterocycles. The van der Waals surface area contributed by atoms with E-state index < -0.39 is 0 Å². The minimum Gasteiger partial charge on any atom is -0.354 e. The normalized spacial score (nSPS) is 17.7. The van der Waals surface area contributed by atoms with Crippen LogP contribution in [-0.2, 0) is 4.79 Å². The molecule has 0 spiro atoms. The van der Waals surface area contributed by atoms with E-state index in [2.05, 4.69) is 55.3 Å². The zero-order valence-corrected chi connectivity index (χ0v) is 13.6. The average Bonchev–Trinajstić information content (AvgIpc) is 2.92. The van der Waals surface area contributed by atoms with Gasteiger partial charge in [-0.1, -0.05) is 51.1 Å². The molecule has 1 N–H and O–H groups in total. The monoisotopic (exact) mass is 288 g/mol. The van der Waals surface area contributed by atoms with Gasteiger partial charge in [-0.15, -0.1) is 0 Å². The first-order valence-electron chi connectivity index (χ1n) is 8.01. The number of hydrogen-bond donors (Lipinski definition) is 1. The Bertz CT molecular complexity index is 444. The summed E-state index contributed by atoms with van der Waals surface area (Å²) in [5, 5.41) is 3.13. The fourth-order valence-corrected chi connectivity index (χ4v) is 2.94. The summed E-state index contributed by atoms with van der Waals surface area (Å²) in [5.74, 6) is 0.155. The van der Waals surface area contributed by atoms with Crippen molar-refractivity contribution in [2.45, 2.75) is 46.1 Å². The Morgan fingerprint density at radius 1 is 1.19 bits per heavy atom. The molecule has 1 fully saturated rings. The molecule has 1 atom stereocenters. The Kier molecular flexibility index (Phi) is 5.40. The fraction of sp³-hybridized carbons (Fsp3) is 0.611. The van der Waals surface area contributed by atoms with Crippen molar-refractivity contribution in [3.63, 3.8) is 0 Å². The van der Waals surface area contributed by atoms with Crippen molar-refractivity contribution < 1.29 is 4.79 Å². The second kappa shape index (κ2) is 7.08. The predicted molar refractivity (Wildman–Crippen MR) is 87.1 cm³/mol. The third-order valence-electron chi connectivity index (χ3n) is 3.95. The van der Waals surface area contributed by atoms with Gasteiger partial charge in [0, 0.05) is 13.0 Å². The Morgan fingerprint density at radius 3 is 2.38 bits per heavy atom. The van der Waals surface area contributed by atoms with Crippen LogP contribution < -0.4 is 5.32 Å². The molecule has 1 aromatic rings. The second-order valence-electron chi connectivity index (χ2n) is 7.21. The van der Waals surface area contributed by atoms with Crippen molar-refractivity contribution in [1.29, 1.82) is 0 Å². The number of hydrogen-bond acceptors (Lipinski definition) is 2. The first-order chi connectivity index (χ1) is 9.96. The zero-order valence-electron chi connectivity index (χ0n) is 13.6. The van der Waals surface area contributed by atoms with E-state index >= 15 is 0 Å². The van der Waals surface area contributed by atoms with Crippen LogP contribution in [0.5, 0.6) is 0 Å². The van der Waals surface area contributed by atoms with Crippen molar-refractivity contribution >= 4 is 5.91 Å². The summed E-state index contributed by atoms with van der Waals surface area (Å²) in [6, 6.07) is 10.8. The van der Waals surface area contributed by atoms with Gasteiger partial charge in [-0.25, -0.2) is 0 Å². The van der Waals surface area contributed by atoms with Gasteiger partial charge >= 0.3 is 0 Å². The van der Waals surface area contributed by atoms with E-state index in [0.29, 0.717) is 19.0 Å².